The summed E-state index contributed by atoms with van der Waals surface area (Å²) in [4.78, 5) is 25.5. The maximum absolute atomic E-state index is 12.8. The van der Waals surface area contributed by atoms with E-state index in [4.69, 9.17) is 4.74 Å². The molecule has 4 heteroatoms. The van der Waals surface area contributed by atoms with Crippen LogP contribution in [0, 0.1) is 23.7 Å². The van der Waals surface area contributed by atoms with Crippen LogP contribution < -0.4 is 0 Å². The van der Waals surface area contributed by atoms with Crippen LogP contribution in [0.3, 0.4) is 0 Å². The van der Waals surface area contributed by atoms with Gasteiger partial charge in [0.2, 0.25) is 0 Å². The zero-order valence-corrected chi connectivity index (χ0v) is 15.2. The molecule has 0 heterocycles. The third-order valence-electron chi connectivity index (χ3n) is 6.66. The van der Waals surface area contributed by atoms with Gasteiger partial charge in [-0.1, -0.05) is 15.9 Å². The summed E-state index contributed by atoms with van der Waals surface area (Å²) < 4.78 is 7.04. The Labute approximate surface area is 150 Å². The van der Waals surface area contributed by atoms with Crippen molar-refractivity contribution >= 4 is 27.7 Å². The molecule has 24 heavy (non-hydrogen) atoms. The Bertz CT molecular complexity index is 703. The average Bonchev–Trinajstić information content (AvgIpc) is 2.82. The lowest BCUT2D eigenvalue weighted by Gasteiger charge is -2.55. The van der Waals surface area contributed by atoms with Gasteiger partial charge in [-0.05, 0) is 86.5 Å². The van der Waals surface area contributed by atoms with Crippen molar-refractivity contribution in [2.24, 2.45) is 23.7 Å². The summed E-state index contributed by atoms with van der Waals surface area (Å²) >= 11 is 3.44. The molecular formula is C20H21BrO3. The molecule has 5 aliphatic carbocycles. The summed E-state index contributed by atoms with van der Waals surface area (Å²) in [7, 11) is 0. The quantitative estimate of drug-likeness (QED) is 0.559. The van der Waals surface area contributed by atoms with Gasteiger partial charge in [0.1, 0.15) is 11.5 Å². The van der Waals surface area contributed by atoms with E-state index < -0.39 is 5.92 Å². The number of carbonyl (C=O) groups is 2. The predicted molar refractivity (Wildman–Crippen MR) is 92.7 cm³/mol. The minimum atomic E-state index is -0.637. The van der Waals surface area contributed by atoms with Crippen LogP contribution in [0.2, 0.25) is 0 Å². The largest absolute Gasteiger partial charge is 0.458 e. The van der Waals surface area contributed by atoms with Crippen LogP contribution in [0.4, 0.5) is 0 Å². The molecule has 4 saturated carbocycles. The summed E-state index contributed by atoms with van der Waals surface area (Å²) in [6, 6.07) is 5.63. The van der Waals surface area contributed by atoms with Crippen molar-refractivity contribution in [3.05, 3.63) is 33.8 Å². The van der Waals surface area contributed by atoms with E-state index in [1.54, 1.807) is 0 Å². The van der Waals surface area contributed by atoms with Gasteiger partial charge in [-0.15, -0.1) is 0 Å². The van der Waals surface area contributed by atoms with Gasteiger partial charge in [0.15, 0.2) is 5.78 Å². The van der Waals surface area contributed by atoms with Crippen molar-refractivity contribution in [3.63, 3.8) is 0 Å². The molecule has 3 nitrogen and oxygen atoms in total. The number of halogens is 1. The third-order valence-corrected chi connectivity index (χ3v) is 7.15. The standard InChI is InChI=1S/C20H21BrO3/c21-15-1-2-16-14(6-15)7-17(18(16)22)19(23)24-20-8-11-3-12(9-20)5-13(4-11)10-20/h1-2,6,11-13,17H,3-5,7-10H2. The Kier molecular flexibility index (Phi) is 3.26. The summed E-state index contributed by atoms with van der Waals surface area (Å²) in [5.74, 6) is 1.22. The van der Waals surface area contributed by atoms with E-state index in [0.717, 1.165) is 47.1 Å². The first-order valence-corrected chi connectivity index (χ1v) is 9.86. The molecule has 5 aliphatic rings. The number of ketones is 1. The normalized spacial score (nSPS) is 39.1. The highest BCUT2D eigenvalue weighted by Gasteiger charge is 2.54. The second kappa shape index (κ2) is 5.17. The molecule has 0 saturated heterocycles. The van der Waals surface area contributed by atoms with Crippen molar-refractivity contribution in [1.82, 2.24) is 0 Å². The fourth-order valence-corrected chi connectivity index (χ4v) is 6.51. The van der Waals surface area contributed by atoms with Crippen LogP contribution in [0.25, 0.3) is 0 Å². The molecule has 0 aromatic heterocycles. The number of Topliss-reactive ketones (excluding diaryl/α,β-unsaturated/α-hetero) is 1. The molecule has 1 aromatic carbocycles. The fourth-order valence-electron chi connectivity index (χ4n) is 6.10. The maximum atomic E-state index is 12.8. The minimum absolute atomic E-state index is 0.0628. The molecule has 0 spiro atoms. The van der Waals surface area contributed by atoms with Crippen LogP contribution in [-0.2, 0) is 16.0 Å². The van der Waals surface area contributed by atoms with E-state index in [-0.39, 0.29) is 17.4 Å². The molecule has 4 bridgehead atoms. The van der Waals surface area contributed by atoms with Crippen molar-refractivity contribution in [2.45, 2.75) is 50.5 Å². The van der Waals surface area contributed by atoms with Crippen molar-refractivity contribution < 1.29 is 14.3 Å². The van der Waals surface area contributed by atoms with Crippen LogP contribution in [0.1, 0.15) is 54.4 Å². The number of ether oxygens (including phenoxy) is 1. The van der Waals surface area contributed by atoms with E-state index >= 15 is 0 Å². The summed E-state index contributed by atoms with van der Waals surface area (Å²) in [6.07, 6.45) is 7.49. The molecular weight excluding hydrogens is 368 g/mol. The summed E-state index contributed by atoms with van der Waals surface area (Å²) in [5.41, 5.74) is 1.38. The number of fused-ring (bicyclic) bond motifs is 1. The number of carbonyl (C=O) groups excluding carboxylic acids is 2. The molecule has 0 amide bonds. The van der Waals surface area contributed by atoms with Gasteiger partial charge in [0.05, 0.1) is 0 Å². The topological polar surface area (TPSA) is 43.4 Å². The van der Waals surface area contributed by atoms with Gasteiger partial charge in [0.25, 0.3) is 0 Å². The number of hydrogen-bond acceptors (Lipinski definition) is 3. The fraction of sp³-hybridized carbons (Fsp3) is 0.600. The summed E-state index contributed by atoms with van der Waals surface area (Å²) in [6.45, 7) is 0. The number of benzene rings is 1. The maximum Gasteiger partial charge on any atom is 0.317 e. The van der Waals surface area contributed by atoms with Crippen molar-refractivity contribution in [3.8, 4) is 0 Å². The van der Waals surface area contributed by atoms with E-state index in [1.165, 1.54) is 19.3 Å². The molecule has 1 aromatic rings. The molecule has 1 unspecified atom stereocenters. The number of esters is 1. The molecule has 6 rings (SSSR count). The van der Waals surface area contributed by atoms with Gasteiger partial charge in [-0.25, -0.2) is 0 Å². The van der Waals surface area contributed by atoms with Crippen molar-refractivity contribution in [2.75, 3.05) is 0 Å². The smallest absolute Gasteiger partial charge is 0.317 e. The highest BCUT2D eigenvalue weighted by Crippen LogP contribution is 2.57. The van der Waals surface area contributed by atoms with Crippen LogP contribution in [0.15, 0.2) is 22.7 Å². The van der Waals surface area contributed by atoms with Gasteiger partial charge in [-0.2, -0.15) is 0 Å². The summed E-state index contributed by atoms with van der Waals surface area (Å²) in [5, 5.41) is 0. The molecule has 4 fully saturated rings. The molecule has 0 radical (unpaired) electrons. The second-order valence-corrected chi connectivity index (χ2v) is 9.36. The van der Waals surface area contributed by atoms with Gasteiger partial charge < -0.3 is 4.74 Å². The van der Waals surface area contributed by atoms with Crippen LogP contribution in [-0.4, -0.2) is 17.4 Å². The van der Waals surface area contributed by atoms with Crippen molar-refractivity contribution in [1.29, 1.82) is 0 Å². The SMILES string of the molecule is O=C(OC12CC3CC(CC(C3)C1)C2)C1Cc2cc(Br)ccc2C1=O. The van der Waals surface area contributed by atoms with E-state index in [1.807, 2.05) is 18.2 Å². The number of hydrogen-bond donors (Lipinski definition) is 0. The molecule has 1 atom stereocenters. The first-order valence-electron chi connectivity index (χ1n) is 9.07. The zero-order valence-electron chi connectivity index (χ0n) is 13.6. The average molecular weight is 389 g/mol. The predicted octanol–water partition coefficient (Wildman–Crippen LogP) is 4.32. The molecule has 0 N–H and O–H groups in total. The molecule has 0 aliphatic heterocycles. The second-order valence-electron chi connectivity index (χ2n) is 8.44. The lowest BCUT2D eigenvalue weighted by molar-refractivity contribution is -0.189. The monoisotopic (exact) mass is 388 g/mol. The zero-order chi connectivity index (χ0) is 16.5. The van der Waals surface area contributed by atoms with Crippen LogP contribution >= 0.6 is 15.9 Å². The van der Waals surface area contributed by atoms with E-state index in [2.05, 4.69) is 15.9 Å². The van der Waals surface area contributed by atoms with E-state index in [9.17, 15) is 9.59 Å². The highest BCUT2D eigenvalue weighted by atomic mass is 79.9. The Morgan fingerprint density at radius 2 is 1.71 bits per heavy atom. The highest BCUT2D eigenvalue weighted by molar-refractivity contribution is 9.10. The van der Waals surface area contributed by atoms with Gasteiger partial charge >= 0.3 is 5.97 Å². The van der Waals surface area contributed by atoms with Crippen LogP contribution in [0.5, 0.6) is 0 Å². The Hall–Kier alpha value is -1.16. The van der Waals surface area contributed by atoms with Gasteiger partial charge in [0, 0.05) is 10.0 Å². The number of rotatable bonds is 2. The third kappa shape index (κ3) is 2.29. The lowest BCUT2D eigenvalue weighted by atomic mass is 9.54. The Morgan fingerprint density at radius 1 is 1.08 bits per heavy atom. The molecule has 126 valence electrons. The lowest BCUT2D eigenvalue weighted by Crippen LogP contribution is -2.53. The van der Waals surface area contributed by atoms with E-state index in [0.29, 0.717) is 12.0 Å². The van der Waals surface area contributed by atoms with Gasteiger partial charge in [-0.3, -0.25) is 9.59 Å². The Balaban J connectivity index is 1.36. The Morgan fingerprint density at radius 3 is 2.33 bits per heavy atom. The minimum Gasteiger partial charge on any atom is -0.458 e. The first-order chi connectivity index (χ1) is 11.5. The first kappa shape index (κ1) is 15.1.